The molecule has 0 atom stereocenters. The van der Waals surface area contributed by atoms with Gasteiger partial charge in [-0.25, -0.2) is 4.98 Å². The molecule has 1 aliphatic carbocycles. The minimum atomic E-state index is -4.27. The average Bonchev–Trinajstić information content (AvgIpc) is 2.98. The lowest BCUT2D eigenvalue weighted by Gasteiger charge is -2.21. The second kappa shape index (κ2) is 3.83. The Kier molecular flexibility index (Phi) is 2.73. The van der Waals surface area contributed by atoms with Crippen molar-refractivity contribution in [3.05, 3.63) is 23.9 Å². The summed E-state index contributed by atoms with van der Waals surface area (Å²) in [5.41, 5.74) is 3.85. The number of hydrogen-bond donors (Lipinski definition) is 2. The Labute approximate surface area is 101 Å². The number of nitrogens with one attached hydrogen (secondary N) is 1. The molecule has 0 spiro atoms. The van der Waals surface area contributed by atoms with Gasteiger partial charge in [-0.05, 0) is 25.0 Å². The molecule has 0 aliphatic heterocycles. The van der Waals surface area contributed by atoms with E-state index in [2.05, 4.69) is 10.3 Å². The summed E-state index contributed by atoms with van der Waals surface area (Å²) >= 11 is 4.72. The minimum absolute atomic E-state index is 0.0607. The topological polar surface area (TPSA) is 50.9 Å². The first-order valence-corrected chi connectivity index (χ1v) is 5.37. The highest BCUT2D eigenvalue weighted by atomic mass is 32.1. The molecule has 1 saturated carbocycles. The lowest BCUT2D eigenvalue weighted by Crippen LogP contribution is -2.39. The number of alkyl halides is 3. The number of thiocarbonyl (C=S) groups is 1. The molecule has 1 aliphatic rings. The van der Waals surface area contributed by atoms with Crippen molar-refractivity contribution >= 4 is 23.0 Å². The molecule has 92 valence electrons. The van der Waals surface area contributed by atoms with E-state index >= 15 is 0 Å². The van der Waals surface area contributed by atoms with Gasteiger partial charge in [-0.15, -0.1) is 0 Å². The summed E-state index contributed by atoms with van der Waals surface area (Å²) in [6, 6.07) is 4.59. The largest absolute Gasteiger partial charge is 0.411 e. The highest BCUT2D eigenvalue weighted by Gasteiger charge is 2.63. The zero-order valence-electron chi connectivity index (χ0n) is 8.71. The van der Waals surface area contributed by atoms with Crippen LogP contribution in [-0.4, -0.2) is 21.7 Å². The molecule has 1 fully saturated rings. The second-order valence-corrected chi connectivity index (χ2v) is 4.42. The molecule has 0 aromatic carbocycles. The maximum Gasteiger partial charge on any atom is 0.411 e. The van der Waals surface area contributed by atoms with E-state index in [0.717, 1.165) is 0 Å². The Morgan fingerprint density at radius 3 is 2.53 bits per heavy atom. The first-order chi connectivity index (χ1) is 7.84. The Balaban J connectivity index is 2.20. The van der Waals surface area contributed by atoms with Crippen LogP contribution in [0.15, 0.2) is 18.2 Å². The van der Waals surface area contributed by atoms with Gasteiger partial charge in [0.25, 0.3) is 0 Å². The Hall–Kier alpha value is -1.37. The van der Waals surface area contributed by atoms with Crippen LogP contribution in [0, 0.1) is 0 Å². The molecule has 17 heavy (non-hydrogen) atoms. The van der Waals surface area contributed by atoms with E-state index in [0.29, 0.717) is 5.69 Å². The van der Waals surface area contributed by atoms with Gasteiger partial charge in [-0.2, -0.15) is 13.2 Å². The molecule has 0 bridgehead atoms. The van der Waals surface area contributed by atoms with Gasteiger partial charge in [0.1, 0.15) is 16.3 Å². The van der Waals surface area contributed by atoms with E-state index in [1.54, 1.807) is 12.1 Å². The van der Waals surface area contributed by atoms with Gasteiger partial charge in [-0.3, -0.25) is 0 Å². The standard InChI is InChI=1S/C10H10F3N3S/c11-10(12,13)9(4-5-9)16-7-3-1-2-6(15-7)8(14)17/h1-3H,4-5H2,(H2,14,17)(H,15,16). The van der Waals surface area contributed by atoms with Gasteiger partial charge < -0.3 is 11.1 Å². The number of pyridine rings is 1. The van der Waals surface area contributed by atoms with Crippen LogP contribution in [0.2, 0.25) is 0 Å². The average molecular weight is 261 g/mol. The van der Waals surface area contributed by atoms with Gasteiger partial charge in [0.15, 0.2) is 0 Å². The molecular weight excluding hydrogens is 251 g/mol. The molecule has 0 radical (unpaired) electrons. The molecular formula is C10H10F3N3S. The van der Waals surface area contributed by atoms with Crippen LogP contribution in [-0.2, 0) is 0 Å². The first kappa shape index (κ1) is 12.1. The van der Waals surface area contributed by atoms with Gasteiger partial charge in [0.05, 0.1) is 5.69 Å². The third-order valence-electron chi connectivity index (χ3n) is 2.66. The number of halogens is 3. The molecule has 7 heteroatoms. The molecule has 1 aromatic heterocycles. The number of nitrogens with two attached hydrogens (primary N) is 1. The summed E-state index contributed by atoms with van der Waals surface area (Å²) in [5.74, 6) is 0.144. The van der Waals surface area contributed by atoms with Crippen LogP contribution in [0.5, 0.6) is 0 Å². The number of rotatable bonds is 3. The van der Waals surface area contributed by atoms with Crippen LogP contribution in [0.1, 0.15) is 18.5 Å². The summed E-state index contributed by atoms with van der Waals surface area (Å²) < 4.78 is 38.1. The van der Waals surface area contributed by atoms with E-state index < -0.39 is 11.7 Å². The van der Waals surface area contributed by atoms with Gasteiger partial charge in [0, 0.05) is 0 Å². The quantitative estimate of drug-likeness (QED) is 0.819. The molecule has 0 saturated heterocycles. The number of anilines is 1. The minimum Gasteiger partial charge on any atom is -0.388 e. The lowest BCUT2D eigenvalue weighted by atomic mass is 10.2. The summed E-state index contributed by atoms with van der Waals surface area (Å²) in [7, 11) is 0. The summed E-state index contributed by atoms with van der Waals surface area (Å²) in [6.07, 6.45) is -4.14. The van der Waals surface area contributed by atoms with Gasteiger partial charge in [-0.1, -0.05) is 18.3 Å². The Bertz CT molecular complexity index is 454. The monoisotopic (exact) mass is 261 g/mol. The van der Waals surface area contributed by atoms with Crippen LogP contribution in [0.4, 0.5) is 19.0 Å². The van der Waals surface area contributed by atoms with Crippen molar-refractivity contribution in [2.45, 2.75) is 24.6 Å². The van der Waals surface area contributed by atoms with Crippen LogP contribution in [0.25, 0.3) is 0 Å². The van der Waals surface area contributed by atoms with Crippen molar-refractivity contribution in [3.8, 4) is 0 Å². The Morgan fingerprint density at radius 1 is 1.41 bits per heavy atom. The molecule has 1 heterocycles. The van der Waals surface area contributed by atoms with E-state index in [1.807, 2.05) is 0 Å². The van der Waals surface area contributed by atoms with Crippen LogP contribution >= 0.6 is 12.2 Å². The molecule has 0 unspecified atom stereocenters. The molecule has 3 N–H and O–H groups in total. The second-order valence-electron chi connectivity index (χ2n) is 3.98. The fraction of sp³-hybridized carbons (Fsp3) is 0.400. The van der Waals surface area contributed by atoms with E-state index in [9.17, 15) is 13.2 Å². The van der Waals surface area contributed by atoms with Crippen molar-refractivity contribution in [3.63, 3.8) is 0 Å². The number of aromatic nitrogens is 1. The van der Waals surface area contributed by atoms with Crippen molar-refractivity contribution in [1.82, 2.24) is 4.98 Å². The van der Waals surface area contributed by atoms with E-state index in [1.165, 1.54) is 6.07 Å². The normalized spacial score (nSPS) is 17.6. The highest BCUT2D eigenvalue weighted by Crippen LogP contribution is 2.50. The third-order valence-corrected chi connectivity index (χ3v) is 2.87. The van der Waals surface area contributed by atoms with Crippen LogP contribution in [0.3, 0.4) is 0 Å². The smallest absolute Gasteiger partial charge is 0.388 e. The summed E-state index contributed by atoms with van der Waals surface area (Å²) in [5, 5.41) is 2.41. The predicted octanol–water partition coefficient (Wildman–Crippen LogP) is 2.22. The summed E-state index contributed by atoms with van der Waals surface area (Å²) in [6.45, 7) is 0. The van der Waals surface area contributed by atoms with Crippen molar-refractivity contribution in [2.75, 3.05) is 5.32 Å². The Morgan fingerprint density at radius 2 is 2.06 bits per heavy atom. The van der Waals surface area contributed by atoms with Crippen molar-refractivity contribution in [1.29, 1.82) is 0 Å². The van der Waals surface area contributed by atoms with Gasteiger partial charge in [0.2, 0.25) is 0 Å². The molecule has 3 nitrogen and oxygen atoms in total. The maximum absolute atomic E-state index is 12.7. The fourth-order valence-corrected chi connectivity index (χ4v) is 1.60. The fourth-order valence-electron chi connectivity index (χ4n) is 1.49. The van der Waals surface area contributed by atoms with E-state index in [4.69, 9.17) is 18.0 Å². The summed E-state index contributed by atoms with van der Waals surface area (Å²) in [4.78, 5) is 3.99. The van der Waals surface area contributed by atoms with Crippen molar-refractivity contribution < 1.29 is 13.2 Å². The van der Waals surface area contributed by atoms with Gasteiger partial charge >= 0.3 is 6.18 Å². The maximum atomic E-state index is 12.7. The third kappa shape index (κ3) is 2.33. The molecule has 1 aromatic rings. The van der Waals surface area contributed by atoms with Crippen molar-refractivity contribution in [2.24, 2.45) is 5.73 Å². The van der Waals surface area contributed by atoms with E-state index in [-0.39, 0.29) is 23.6 Å². The zero-order chi connectivity index (χ0) is 12.7. The highest BCUT2D eigenvalue weighted by molar-refractivity contribution is 7.80. The number of hydrogen-bond acceptors (Lipinski definition) is 3. The number of nitrogens with zero attached hydrogens (tertiary/aromatic N) is 1. The first-order valence-electron chi connectivity index (χ1n) is 4.96. The SMILES string of the molecule is NC(=S)c1cccc(NC2(C(F)(F)F)CC2)n1. The zero-order valence-corrected chi connectivity index (χ0v) is 9.53. The lowest BCUT2D eigenvalue weighted by molar-refractivity contribution is -0.151. The molecule has 0 amide bonds. The van der Waals surface area contributed by atoms with Crippen LogP contribution < -0.4 is 11.1 Å². The molecule has 2 rings (SSSR count). The predicted molar refractivity (Wildman–Crippen MR) is 61.8 cm³/mol.